The van der Waals surface area contributed by atoms with Crippen LogP contribution in [0, 0.1) is 0 Å². The number of aromatic amines is 1. The highest BCUT2D eigenvalue weighted by Gasteiger charge is 2.22. The molecule has 4 aromatic rings. The van der Waals surface area contributed by atoms with Gasteiger partial charge in [-0.2, -0.15) is 10.2 Å². The summed E-state index contributed by atoms with van der Waals surface area (Å²) < 4.78 is 7.92. The lowest BCUT2D eigenvalue weighted by Crippen LogP contribution is -2.21. The molecule has 3 heterocycles. The van der Waals surface area contributed by atoms with Crippen LogP contribution in [-0.2, 0) is 0 Å². The first-order chi connectivity index (χ1) is 16.9. The number of fused-ring (bicyclic) bond motifs is 1. The van der Waals surface area contributed by atoms with Gasteiger partial charge in [0.25, 0.3) is 5.91 Å². The van der Waals surface area contributed by atoms with Crippen molar-refractivity contribution in [2.75, 3.05) is 5.32 Å². The molecule has 0 radical (unpaired) electrons. The number of aliphatic hydroxyl groups excluding tert-OH is 1. The van der Waals surface area contributed by atoms with Crippen LogP contribution in [0.2, 0.25) is 10.0 Å². The van der Waals surface area contributed by atoms with Crippen molar-refractivity contribution in [2.24, 2.45) is 0 Å². The van der Waals surface area contributed by atoms with Crippen LogP contribution in [-0.4, -0.2) is 42.1 Å². The van der Waals surface area contributed by atoms with Gasteiger partial charge in [-0.3, -0.25) is 19.6 Å². The SMILES string of the molecule is C[C@@H](Oc1ccc2[nH]nc(C(=O)Nc3cnn(C4CCC(O)CC4)c3)c2c1)c1c(Cl)cncc1Cl. The number of amides is 1. The largest absolute Gasteiger partial charge is 0.486 e. The number of carbonyl (C=O) groups is 1. The van der Waals surface area contributed by atoms with Crippen LogP contribution in [0.15, 0.2) is 43.0 Å². The van der Waals surface area contributed by atoms with Crippen molar-refractivity contribution >= 4 is 45.7 Å². The number of nitrogens with zero attached hydrogens (tertiary/aromatic N) is 4. The van der Waals surface area contributed by atoms with Gasteiger partial charge in [-0.05, 0) is 50.8 Å². The Kier molecular flexibility index (Phi) is 6.64. The third kappa shape index (κ3) is 4.98. The minimum Gasteiger partial charge on any atom is -0.486 e. The second-order valence-corrected chi connectivity index (χ2v) is 9.50. The molecule has 1 aliphatic carbocycles. The van der Waals surface area contributed by atoms with Crippen LogP contribution in [0.3, 0.4) is 0 Å². The van der Waals surface area contributed by atoms with Gasteiger partial charge in [0.2, 0.25) is 0 Å². The second-order valence-electron chi connectivity index (χ2n) is 8.68. The number of aliphatic hydroxyl groups is 1. The quantitative estimate of drug-likeness (QED) is 0.320. The first-order valence-corrected chi connectivity index (χ1v) is 12.1. The molecule has 1 fully saturated rings. The molecule has 0 saturated heterocycles. The summed E-state index contributed by atoms with van der Waals surface area (Å²) in [6.45, 7) is 1.84. The number of ether oxygens (including phenoxy) is 1. The molecule has 182 valence electrons. The van der Waals surface area contributed by atoms with E-state index in [1.54, 1.807) is 24.4 Å². The fraction of sp³-hybridized carbons (Fsp3) is 0.333. The number of nitrogens with one attached hydrogen (secondary N) is 2. The van der Waals surface area contributed by atoms with Crippen LogP contribution in [0.5, 0.6) is 5.75 Å². The Balaban J connectivity index is 1.32. The summed E-state index contributed by atoms with van der Waals surface area (Å²) >= 11 is 12.5. The first-order valence-electron chi connectivity index (χ1n) is 11.4. The van der Waals surface area contributed by atoms with Gasteiger partial charge in [-0.25, -0.2) is 0 Å². The number of H-pyrrole nitrogens is 1. The Morgan fingerprint density at radius 1 is 1.20 bits per heavy atom. The molecular formula is C24H24Cl2N6O3. The molecule has 3 N–H and O–H groups in total. The summed E-state index contributed by atoms with van der Waals surface area (Å²) in [5.41, 5.74) is 2.16. The monoisotopic (exact) mass is 514 g/mol. The Labute approximate surface area is 211 Å². The number of anilines is 1. The highest BCUT2D eigenvalue weighted by atomic mass is 35.5. The van der Waals surface area contributed by atoms with E-state index in [0.29, 0.717) is 37.9 Å². The molecule has 1 aromatic carbocycles. The molecular weight excluding hydrogens is 491 g/mol. The van der Waals surface area contributed by atoms with Crippen molar-refractivity contribution in [1.29, 1.82) is 0 Å². The van der Waals surface area contributed by atoms with E-state index in [1.165, 1.54) is 12.4 Å². The average molecular weight is 515 g/mol. The topological polar surface area (TPSA) is 118 Å². The smallest absolute Gasteiger partial charge is 0.276 e. The zero-order valence-electron chi connectivity index (χ0n) is 18.9. The van der Waals surface area contributed by atoms with E-state index in [-0.39, 0.29) is 23.7 Å². The van der Waals surface area contributed by atoms with Gasteiger partial charge in [0, 0.05) is 29.5 Å². The minimum absolute atomic E-state index is 0.222. The molecule has 1 saturated carbocycles. The summed E-state index contributed by atoms with van der Waals surface area (Å²) in [6, 6.07) is 5.56. The van der Waals surface area contributed by atoms with E-state index < -0.39 is 6.10 Å². The van der Waals surface area contributed by atoms with E-state index in [0.717, 1.165) is 25.7 Å². The molecule has 5 rings (SSSR count). The van der Waals surface area contributed by atoms with Crippen LogP contribution < -0.4 is 10.1 Å². The highest BCUT2D eigenvalue weighted by Crippen LogP contribution is 2.33. The lowest BCUT2D eigenvalue weighted by atomic mass is 9.93. The Bertz CT molecular complexity index is 1340. The Morgan fingerprint density at radius 3 is 2.69 bits per heavy atom. The number of hydrogen-bond acceptors (Lipinski definition) is 6. The number of pyridine rings is 1. The number of carbonyl (C=O) groups excluding carboxylic acids is 1. The summed E-state index contributed by atoms with van der Waals surface area (Å²) in [6.07, 6.45) is 9.03. The third-order valence-corrected chi connectivity index (χ3v) is 6.86. The summed E-state index contributed by atoms with van der Waals surface area (Å²) in [5.74, 6) is 0.178. The van der Waals surface area contributed by atoms with Crippen LogP contribution >= 0.6 is 23.2 Å². The number of halogens is 2. The van der Waals surface area contributed by atoms with Gasteiger partial charge in [-0.1, -0.05) is 23.2 Å². The maximum absolute atomic E-state index is 13.0. The van der Waals surface area contributed by atoms with E-state index in [4.69, 9.17) is 27.9 Å². The zero-order chi connectivity index (χ0) is 24.5. The van der Waals surface area contributed by atoms with E-state index in [1.807, 2.05) is 17.8 Å². The van der Waals surface area contributed by atoms with Crippen molar-refractivity contribution in [3.05, 3.63) is 64.3 Å². The van der Waals surface area contributed by atoms with Gasteiger partial charge in [0.1, 0.15) is 11.9 Å². The Morgan fingerprint density at radius 2 is 1.94 bits per heavy atom. The number of hydrogen-bond donors (Lipinski definition) is 3. The van der Waals surface area contributed by atoms with Gasteiger partial charge in [0.05, 0.1) is 39.6 Å². The first kappa shape index (κ1) is 23.6. The molecule has 9 nitrogen and oxygen atoms in total. The molecule has 1 aliphatic rings. The maximum atomic E-state index is 13.0. The molecule has 1 atom stereocenters. The summed E-state index contributed by atoms with van der Waals surface area (Å²) in [5, 5.41) is 25.5. The van der Waals surface area contributed by atoms with Gasteiger partial charge in [0.15, 0.2) is 5.69 Å². The maximum Gasteiger partial charge on any atom is 0.276 e. The van der Waals surface area contributed by atoms with Gasteiger partial charge < -0.3 is 15.2 Å². The second kappa shape index (κ2) is 9.85. The molecule has 1 amide bonds. The lowest BCUT2D eigenvalue weighted by Gasteiger charge is -2.25. The predicted octanol–water partition coefficient (Wildman–Crippen LogP) is 5.33. The van der Waals surface area contributed by atoms with Crippen molar-refractivity contribution in [3.8, 4) is 5.75 Å². The summed E-state index contributed by atoms with van der Waals surface area (Å²) in [7, 11) is 0. The number of aromatic nitrogens is 5. The van der Waals surface area contributed by atoms with Crippen molar-refractivity contribution < 1.29 is 14.6 Å². The molecule has 11 heteroatoms. The fourth-order valence-corrected chi connectivity index (χ4v) is 5.10. The van der Waals surface area contributed by atoms with Crippen molar-refractivity contribution in [1.82, 2.24) is 25.0 Å². The molecule has 0 aliphatic heterocycles. The number of benzene rings is 1. The van der Waals surface area contributed by atoms with Crippen LogP contribution in [0.25, 0.3) is 10.9 Å². The Hall–Kier alpha value is -3.14. The van der Waals surface area contributed by atoms with E-state index in [2.05, 4.69) is 25.6 Å². The van der Waals surface area contributed by atoms with Crippen molar-refractivity contribution in [3.63, 3.8) is 0 Å². The highest BCUT2D eigenvalue weighted by molar-refractivity contribution is 6.35. The third-order valence-electron chi connectivity index (χ3n) is 6.26. The fourth-order valence-electron chi connectivity index (χ4n) is 4.43. The van der Waals surface area contributed by atoms with Crippen LogP contribution in [0.4, 0.5) is 5.69 Å². The molecule has 0 bridgehead atoms. The van der Waals surface area contributed by atoms with Gasteiger partial charge in [-0.15, -0.1) is 0 Å². The molecule has 0 unspecified atom stereocenters. The standard InChI is InChI=1S/C24H24Cl2N6O3/c1-13(22-19(25)10-27-11-20(22)26)35-17-6-7-21-18(8-17)23(31-30-21)24(34)29-14-9-28-32(12-14)15-2-4-16(33)5-3-15/h6-13,15-16,33H,2-5H2,1H3,(H,29,34)(H,30,31)/t13-,15?,16?/m1/s1. The van der Waals surface area contributed by atoms with Gasteiger partial charge >= 0.3 is 0 Å². The average Bonchev–Trinajstić information content (AvgIpc) is 3.46. The zero-order valence-corrected chi connectivity index (χ0v) is 20.4. The normalized spacial score (nSPS) is 19.0. The van der Waals surface area contributed by atoms with Crippen LogP contribution in [0.1, 0.15) is 60.8 Å². The molecule has 35 heavy (non-hydrogen) atoms. The molecule has 0 spiro atoms. The van der Waals surface area contributed by atoms with E-state index >= 15 is 0 Å². The summed E-state index contributed by atoms with van der Waals surface area (Å²) in [4.78, 5) is 17.0. The molecule has 3 aromatic heterocycles. The van der Waals surface area contributed by atoms with E-state index in [9.17, 15) is 9.90 Å². The lowest BCUT2D eigenvalue weighted by molar-refractivity contribution is 0.102. The minimum atomic E-state index is -0.439. The predicted molar refractivity (Wildman–Crippen MR) is 133 cm³/mol. The van der Waals surface area contributed by atoms with Crippen molar-refractivity contribution in [2.45, 2.75) is 50.9 Å². The number of rotatable bonds is 6.